The predicted molar refractivity (Wildman–Crippen MR) is 51.2 cm³/mol. The van der Waals surface area contributed by atoms with Crippen molar-refractivity contribution in [2.24, 2.45) is 5.73 Å². The van der Waals surface area contributed by atoms with E-state index in [0.29, 0.717) is 5.15 Å². The molecule has 0 saturated heterocycles. The molecule has 0 aliphatic carbocycles. The molecule has 0 spiro atoms. The number of hydrogen-bond acceptors (Lipinski definition) is 2. The quantitative estimate of drug-likeness (QED) is 0.680. The maximum absolute atomic E-state index is 5.92. The predicted octanol–water partition coefficient (Wildman–Crippen LogP) is 2.24. The van der Waals surface area contributed by atoms with Crippen LogP contribution in [0.4, 0.5) is 0 Å². The van der Waals surface area contributed by atoms with Crippen LogP contribution in [0.3, 0.4) is 0 Å². The molecule has 2 nitrogen and oxygen atoms in total. The fourth-order valence-electron chi connectivity index (χ4n) is 1.01. The number of pyridine rings is 1. The zero-order chi connectivity index (χ0) is 9.35. The van der Waals surface area contributed by atoms with E-state index in [9.17, 15) is 0 Å². The summed E-state index contributed by atoms with van der Waals surface area (Å²) in [5.74, 6) is 0. The van der Waals surface area contributed by atoms with E-state index >= 15 is 0 Å². The summed E-state index contributed by atoms with van der Waals surface area (Å²) in [5.41, 5.74) is 7.26. The Morgan fingerprint density at radius 2 is 2.00 bits per heavy atom. The van der Waals surface area contributed by atoms with Gasteiger partial charge in [-0.15, -0.1) is 0 Å². The summed E-state index contributed by atoms with van der Waals surface area (Å²) in [6, 6.07) is 3.83. The molecule has 0 atom stereocenters. The van der Waals surface area contributed by atoms with Gasteiger partial charge in [0.05, 0.1) is 0 Å². The van der Waals surface area contributed by atoms with Gasteiger partial charge in [0.25, 0.3) is 0 Å². The van der Waals surface area contributed by atoms with Crippen molar-refractivity contribution in [1.82, 2.24) is 4.98 Å². The van der Waals surface area contributed by atoms with Crippen LogP contribution in [0.2, 0.25) is 5.15 Å². The molecule has 1 heterocycles. The van der Waals surface area contributed by atoms with E-state index in [4.69, 9.17) is 17.3 Å². The van der Waals surface area contributed by atoms with Gasteiger partial charge in [-0.25, -0.2) is 4.98 Å². The number of aromatic nitrogens is 1. The number of nitrogens with two attached hydrogens (primary N) is 1. The molecule has 1 rings (SSSR count). The van der Waals surface area contributed by atoms with Crippen molar-refractivity contribution >= 4 is 11.6 Å². The summed E-state index contributed by atoms with van der Waals surface area (Å²) in [5, 5.41) is 0.502. The molecule has 0 aliphatic rings. The Hall–Kier alpha value is -0.600. The first kappa shape index (κ1) is 9.49. The highest BCUT2D eigenvalue weighted by atomic mass is 35.5. The molecule has 3 heteroatoms. The van der Waals surface area contributed by atoms with Crippen LogP contribution >= 0.6 is 11.6 Å². The van der Waals surface area contributed by atoms with E-state index in [1.165, 1.54) is 0 Å². The summed E-state index contributed by atoms with van der Waals surface area (Å²) < 4.78 is 0. The minimum Gasteiger partial charge on any atom is -0.322 e. The molecule has 66 valence electrons. The first-order chi connectivity index (χ1) is 5.41. The van der Waals surface area contributed by atoms with E-state index in [1.807, 2.05) is 32.9 Å². The van der Waals surface area contributed by atoms with E-state index in [2.05, 4.69) is 4.98 Å². The lowest BCUT2D eigenvalue weighted by molar-refractivity contribution is 0.552. The van der Waals surface area contributed by atoms with Gasteiger partial charge < -0.3 is 5.73 Å². The van der Waals surface area contributed by atoms with E-state index in [-0.39, 0.29) is 0 Å². The third-order valence-corrected chi connectivity index (χ3v) is 1.97. The number of halogens is 1. The largest absolute Gasteiger partial charge is 0.322 e. The van der Waals surface area contributed by atoms with Crippen molar-refractivity contribution in [3.63, 3.8) is 0 Å². The van der Waals surface area contributed by atoms with Crippen LogP contribution in [0.15, 0.2) is 12.1 Å². The topological polar surface area (TPSA) is 38.9 Å². The van der Waals surface area contributed by atoms with Gasteiger partial charge in [-0.05, 0) is 26.8 Å². The number of rotatable bonds is 1. The highest BCUT2D eigenvalue weighted by Crippen LogP contribution is 2.23. The molecule has 0 fully saturated rings. The zero-order valence-corrected chi connectivity index (χ0v) is 8.31. The number of aryl methyl sites for hydroxylation is 1. The zero-order valence-electron chi connectivity index (χ0n) is 7.56. The second-order valence-corrected chi connectivity index (χ2v) is 3.87. The van der Waals surface area contributed by atoms with Crippen molar-refractivity contribution in [3.05, 3.63) is 28.5 Å². The summed E-state index contributed by atoms with van der Waals surface area (Å²) in [4.78, 5) is 4.13. The van der Waals surface area contributed by atoms with Crippen LogP contribution in [0.5, 0.6) is 0 Å². The SMILES string of the molecule is Cc1ccc(C(C)(C)N)c(Cl)n1. The Balaban J connectivity index is 3.19. The van der Waals surface area contributed by atoms with E-state index < -0.39 is 5.54 Å². The van der Waals surface area contributed by atoms with Crippen molar-refractivity contribution in [3.8, 4) is 0 Å². The molecule has 0 bridgehead atoms. The lowest BCUT2D eigenvalue weighted by Gasteiger charge is -2.19. The van der Waals surface area contributed by atoms with Gasteiger partial charge >= 0.3 is 0 Å². The van der Waals surface area contributed by atoms with Crippen LogP contribution in [0, 0.1) is 6.92 Å². The second-order valence-electron chi connectivity index (χ2n) is 3.51. The fraction of sp³-hybridized carbons (Fsp3) is 0.444. The molecule has 0 amide bonds. The Morgan fingerprint density at radius 1 is 1.42 bits per heavy atom. The molecular weight excluding hydrogens is 172 g/mol. The molecule has 0 aliphatic heterocycles. The summed E-state index contributed by atoms with van der Waals surface area (Å²) in [6.45, 7) is 5.72. The minimum atomic E-state index is -0.419. The molecule has 0 radical (unpaired) electrons. The van der Waals surface area contributed by atoms with Crippen LogP contribution in [0.25, 0.3) is 0 Å². The second kappa shape index (κ2) is 3.04. The molecule has 1 aromatic rings. The first-order valence-corrected chi connectivity index (χ1v) is 4.21. The Morgan fingerprint density at radius 3 is 2.42 bits per heavy atom. The normalized spacial score (nSPS) is 11.8. The highest BCUT2D eigenvalue weighted by molar-refractivity contribution is 6.30. The van der Waals surface area contributed by atoms with Crippen LogP contribution in [0.1, 0.15) is 25.1 Å². The smallest absolute Gasteiger partial charge is 0.134 e. The Labute approximate surface area is 77.8 Å². The number of hydrogen-bond donors (Lipinski definition) is 1. The van der Waals surface area contributed by atoms with Gasteiger partial charge in [-0.1, -0.05) is 17.7 Å². The van der Waals surface area contributed by atoms with Crippen molar-refractivity contribution in [1.29, 1.82) is 0 Å². The van der Waals surface area contributed by atoms with Crippen LogP contribution < -0.4 is 5.73 Å². The molecular formula is C9H13ClN2. The average Bonchev–Trinajstić information content (AvgIpc) is 1.83. The third-order valence-electron chi connectivity index (χ3n) is 1.68. The summed E-state index contributed by atoms with van der Waals surface area (Å²) in [7, 11) is 0. The van der Waals surface area contributed by atoms with Gasteiger partial charge in [0.1, 0.15) is 5.15 Å². The van der Waals surface area contributed by atoms with Crippen molar-refractivity contribution in [2.45, 2.75) is 26.3 Å². The van der Waals surface area contributed by atoms with Crippen LogP contribution in [-0.4, -0.2) is 4.98 Å². The summed E-state index contributed by atoms with van der Waals surface area (Å²) >= 11 is 5.92. The Kier molecular flexibility index (Phi) is 2.40. The molecule has 12 heavy (non-hydrogen) atoms. The van der Waals surface area contributed by atoms with E-state index in [0.717, 1.165) is 11.3 Å². The van der Waals surface area contributed by atoms with Gasteiger partial charge in [0.2, 0.25) is 0 Å². The average molecular weight is 185 g/mol. The molecule has 2 N–H and O–H groups in total. The number of nitrogens with zero attached hydrogens (tertiary/aromatic N) is 1. The van der Waals surface area contributed by atoms with Gasteiger partial charge in [-0.3, -0.25) is 0 Å². The highest BCUT2D eigenvalue weighted by Gasteiger charge is 2.17. The maximum Gasteiger partial charge on any atom is 0.134 e. The standard InChI is InChI=1S/C9H13ClN2/c1-6-4-5-7(8(10)12-6)9(2,3)11/h4-5H,11H2,1-3H3. The van der Waals surface area contributed by atoms with Crippen molar-refractivity contribution < 1.29 is 0 Å². The lowest BCUT2D eigenvalue weighted by atomic mass is 9.97. The molecule has 0 aromatic carbocycles. The van der Waals surface area contributed by atoms with Crippen molar-refractivity contribution in [2.75, 3.05) is 0 Å². The third kappa shape index (κ3) is 1.96. The first-order valence-electron chi connectivity index (χ1n) is 3.84. The molecule has 0 saturated carbocycles. The van der Waals surface area contributed by atoms with E-state index in [1.54, 1.807) is 0 Å². The fourth-order valence-corrected chi connectivity index (χ4v) is 1.45. The molecule has 0 unspecified atom stereocenters. The Bertz CT molecular complexity index is 289. The van der Waals surface area contributed by atoms with Gasteiger partial charge in [0.15, 0.2) is 0 Å². The van der Waals surface area contributed by atoms with Gasteiger partial charge in [0, 0.05) is 16.8 Å². The minimum absolute atomic E-state index is 0.419. The maximum atomic E-state index is 5.92. The molecule has 1 aromatic heterocycles. The summed E-state index contributed by atoms with van der Waals surface area (Å²) in [6.07, 6.45) is 0. The van der Waals surface area contributed by atoms with Crippen LogP contribution in [-0.2, 0) is 5.54 Å². The lowest BCUT2D eigenvalue weighted by Crippen LogP contribution is -2.29. The monoisotopic (exact) mass is 184 g/mol. The van der Waals surface area contributed by atoms with Gasteiger partial charge in [-0.2, -0.15) is 0 Å².